The smallest absolute Gasteiger partial charge is 0.409 e. The number of nitrogens with two attached hydrogens (primary N) is 1. The van der Waals surface area contributed by atoms with Crippen LogP contribution in [-0.4, -0.2) is 34.9 Å². The molecule has 1 aromatic rings. The number of benzene rings is 1. The average molecular weight is 303 g/mol. The molecule has 1 rings (SSSR count). The summed E-state index contributed by atoms with van der Waals surface area (Å²) in [5, 5.41) is 11.4. The van der Waals surface area contributed by atoms with Gasteiger partial charge >= 0.3 is 6.18 Å². The lowest BCUT2D eigenvalue weighted by atomic mass is 10.1. The molecule has 0 bridgehead atoms. The van der Waals surface area contributed by atoms with Crippen LogP contribution in [0.25, 0.3) is 0 Å². The molecule has 116 valence electrons. The maximum atomic E-state index is 12.4. The number of carbonyl (C=O) groups is 1. The maximum absolute atomic E-state index is 12.4. The number of halogens is 3. The molecule has 0 heterocycles. The Balaban J connectivity index is 2.75. The molecule has 0 aliphatic heterocycles. The van der Waals surface area contributed by atoms with Gasteiger partial charge in [0.25, 0.3) is 0 Å². The number of nitrogens with zero attached hydrogens (tertiary/aromatic N) is 2. The highest BCUT2D eigenvalue weighted by Crippen LogP contribution is 2.29. The Hall–Kier alpha value is -2.25. The highest BCUT2D eigenvalue weighted by Gasteiger charge is 2.30. The second-order valence-electron chi connectivity index (χ2n) is 4.58. The van der Waals surface area contributed by atoms with E-state index in [9.17, 15) is 18.0 Å². The van der Waals surface area contributed by atoms with E-state index in [4.69, 9.17) is 10.9 Å². The fraction of sp³-hybridized carbons (Fsp3) is 0.385. The quantitative estimate of drug-likeness (QED) is 0.385. The van der Waals surface area contributed by atoms with Gasteiger partial charge in [0.2, 0.25) is 5.91 Å². The number of oxime groups is 1. The fourth-order valence-corrected chi connectivity index (χ4v) is 1.61. The molecule has 0 aliphatic carbocycles. The number of amidine groups is 1. The Bertz CT molecular complexity index is 526. The van der Waals surface area contributed by atoms with Crippen LogP contribution in [0, 0.1) is 0 Å². The summed E-state index contributed by atoms with van der Waals surface area (Å²) in [6, 6.07) is 3.74. The summed E-state index contributed by atoms with van der Waals surface area (Å²) in [5.74, 6) is -0.480. The number of likely N-dealkylation sites (N-methyl/N-ethyl adjacent to an activating group) is 1. The van der Waals surface area contributed by atoms with Gasteiger partial charge in [-0.25, -0.2) is 0 Å². The van der Waals surface area contributed by atoms with Gasteiger partial charge in [-0.15, -0.1) is 0 Å². The second-order valence-corrected chi connectivity index (χ2v) is 4.58. The zero-order valence-corrected chi connectivity index (χ0v) is 11.6. The lowest BCUT2D eigenvalue weighted by Gasteiger charge is -2.23. The predicted molar refractivity (Wildman–Crippen MR) is 70.8 cm³/mol. The van der Waals surface area contributed by atoms with Crippen LogP contribution in [0.15, 0.2) is 29.4 Å². The number of hydrogen-bond donors (Lipinski definition) is 2. The van der Waals surface area contributed by atoms with E-state index < -0.39 is 17.8 Å². The monoisotopic (exact) mass is 303 g/mol. The van der Waals surface area contributed by atoms with Gasteiger partial charge < -0.3 is 15.8 Å². The molecule has 1 amide bonds. The Labute approximate surface area is 119 Å². The molecule has 0 aliphatic rings. The molecule has 8 heteroatoms. The third kappa shape index (κ3) is 4.37. The van der Waals surface area contributed by atoms with E-state index in [0.717, 1.165) is 12.1 Å². The van der Waals surface area contributed by atoms with Crippen LogP contribution in [0.1, 0.15) is 18.1 Å². The summed E-state index contributed by atoms with van der Waals surface area (Å²) in [5.41, 5.74) is 5.08. The zero-order chi connectivity index (χ0) is 16.2. The first-order chi connectivity index (χ1) is 9.66. The van der Waals surface area contributed by atoms with Crippen molar-refractivity contribution in [1.29, 1.82) is 0 Å². The summed E-state index contributed by atoms with van der Waals surface area (Å²) < 4.78 is 37.3. The van der Waals surface area contributed by atoms with Gasteiger partial charge in [0.15, 0.2) is 5.84 Å². The molecule has 0 radical (unpaired) electrons. The Kier molecular flexibility index (Phi) is 5.17. The minimum absolute atomic E-state index is 0.0717. The first-order valence-corrected chi connectivity index (χ1v) is 6.06. The molecule has 1 unspecified atom stereocenters. The highest BCUT2D eigenvalue weighted by atomic mass is 19.4. The van der Waals surface area contributed by atoms with E-state index in [0.29, 0.717) is 5.56 Å². The van der Waals surface area contributed by atoms with Crippen LogP contribution in [0.3, 0.4) is 0 Å². The third-order valence-corrected chi connectivity index (χ3v) is 3.15. The van der Waals surface area contributed by atoms with E-state index in [1.54, 1.807) is 6.92 Å². The van der Waals surface area contributed by atoms with Crippen LogP contribution < -0.4 is 5.73 Å². The highest BCUT2D eigenvalue weighted by molar-refractivity contribution is 5.90. The van der Waals surface area contributed by atoms with Crippen molar-refractivity contribution < 1.29 is 23.2 Å². The van der Waals surface area contributed by atoms with Crippen molar-refractivity contribution in [1.82, 2.24) is 4.90 Å². The number of alkyl halides is 3. The zero-order valence-electron chi connectivity index (χ0n) is 11.6. The molecule has 3 N–H and O–H groups in total. The summed E-state index contributed by atoms with van der Waals surface area (Å²) >= 11 is 0. The third-order valence-electron chi connectivity index (χ3n) is 3.15. The standard InChI is InChI=1S/C13H16F3N3O2/c1-8(12(17)18-21)19(2)11(20)7-9-3-5-10(6-4-9)13(14,15)16/h3-6,8,21H,7H2,1-2H3,(H2,17,18). The molecule has 0 saturated heterocycles. The van der Waals surface area contributed by atoms with Gasteiger partial charge in [-0.1, -0.05) is 17.3 Å². The Morgan fingerprint density at radius 1 is 1.38 bits per heavy atom. The molecular weight excluding hydrogens is 287 g/mol. The number of carbonyl (C=O) groups excluding carboxylic acids is 1. The largest absolute Gasteiger partial charge is 0.416 e. The van der Waals surface area contributed by atoms with E-state index in [2.05, 4.69) is 5.16 Å². The van der Waals surface area contributed by atoms with Crippen LogP contribution in [0.4, 0.5) is 13.2 Å². The molecule has 1 aromatic carbocycles. The average Bonchev–Trinajstić information content (AvgIpc) is 2.44. The molecule has 0 aromatic heterocycles. The first-order valence-electron chi connectivity index (χ1n) is 6.06. The van der Waals surface area contributed by atoms with Gasteiger partial charge in [0, 0.05) is 7.05 Å². The molecular formula is C13H16F3N3O2. The second kappa shape index (κ2) is 6.47. The predicted octanol–water partition coefficient (Wildman–Crippen LogP) is 1.84. The minimum Gasteiger partial charge on any atom is -0.409 e. The normalized spacial score (nSPS) is 13.9. The number of hydrogen-bond acceptors (Lipinski definition) is 3. The summed E-state index contributed by atoms with van der Waals surface area (Å²) in [7, 11) is 1.47. The molecule has 1 atom stereocenters. The van der Waals surface area contributed by atoms with Gasteiger partial charge in [-0.3, -0.25) is 4.79 Å². The minimum atomic E-state index is -4.40. The van der Waals surface area contributed by atoms with Crippen LogP contribution >= 0.6 is 0 Å². The van der Waals surface area contributed by atoms with E-state index >= 15 is 0 Å². The van der Waals surface area contributed by atoms with Gasteiger partial charge in [-0.2, -0.15) is 13.2 Å². The Morgan fingerprint density at radius 2 is 1.90 bits per heavy atom. The lowest BCUT2D eigenvalue weighted by molar-refractivity contribution is -0.137. The van der Waals surface area contributed by atoms with Crippen LogP contribution in [0.5, 0.6) is 0 Å². The van der Waals surface area contributed by atoms with Gasteiger partial charge in [0.1, 0.15) is 0 Å². The summed E-state index contributed by atoms with van der Waals surface area (Å²) in [6.45, 7) is 1.57. The van der Waals surface area contributed by atoms with Gasteiger partial charge in [-0.05, 0) is 24.6 Å². The molecule has 0 saturated carbocycles. The van der Waals surface area contributed by atoms with E-state index in [1.807, 2.05) is 0 Å². The summed E-state index contributed by atoms with van der Waals surface area (Å²) in [6.07, 6.45) is -4.47. The van der Waals surface area contributed by atoms with Crippen molar-refractivity contribution in [2.75, 3.05) is 7.05 Å². The van der Waals surface area contributed by atoms with Gasteiger partial charge in [0.05, 0.1) is 18.0 Å². The Morgan fingerprint density at radius 3 is 2.33 bits per heavy atom. The first kappa shape index (κ1) is 16.8. The number of amides is 1. The van der Waals surface area contributed by atoms with E-state index in [1.165, 1.54) is 24.1 Å². The van der Waals surface area contributed by atoms with Crippen molar-refractivity contribution in [2.45, 2.75) is 25.6 Å². The SMILES string of the molecule is CC(C(N)=NO)N(C)C(=O)Cc1ccc(C(F)(F)F)cc1. The topological polar surface area (TPSA) is 78.9 Å². The molecule has 21 heavy (non-hydrogen) atoms. The van der Waals surface area contributed by atoms with Crippen LogP contribution in [0.2, 0.25) is 0 Å². The molecule has 0 spiro atoms. The van der Waals surface area contributed by atoms with Crippen molar-refractivity contribution in [3.63, 3.8) is 0 Å². The van der Waals surface area contributed by atoms with Crippen molar-refractivity contribution >= 4 is 11.7 Å². The van der Waals surface area contributed by atoms with Crippen molar-refractivity contribution in [2.24, 2.45) is 10.9 Å². The van der Waals surface area contributed by atoms with E-state index in [-0.39, 0.29) is 18.2 Å². The fourth-order valence-electron chi connectivity index (χ4n) is 1.61. The molecule has 5 nitrogen and oxygen atoms in total. The van der Waals surface area contributed by atoms with Crippen molar-refractivity contribution in [3.8, 4) is 0 Å². The molecule has 0 fully saturated rings. The lowest BCUT2D eigenvalue weighted by Crippen LogP contribution is -2.44. The summed E-state index contributed by atoms with van der Waals surface area (Å²) in [4.78, 5) is 13.2. The van der Waals surface area contributed by atoms with Crippen LogP contribution in [-0.2, 0) is 17.4 Å². The maximum Gasteiger partial charge on any atom is 0.416 e. The number of rotatable bonds is 4. The van der Waals surface area contributed by atoms with Crippen molar-refractivity contribution in [3.05, 3.63) is 35.4 Å².